The van der Waals surface area contributed by atoms with E-state index < -0.39 is 6.04 Å². The van der Waals surface area contributed by atoms with E-state index in [9.17, 15) is 9.59 Å². The zero-order chi connectivity index (χ0) is 22.5. The lowest BCUT2D eigenvalue weighted by atomic mass is 10.0. The van der Waals surface area contributed by atoms with Gasteiger partial charge >= 0.3 is 0 Å². The van der Waals surface area contributed by atoms with E-state index in [2.05, 4.69) is 5.32 Å². The zero-order valence-electron chi connectivity index (χ0n) is 18.4. The summed E-state index contributed by atoms with van der Waals surface area (Å²) < 4.78 is 0. The molecular weight excluding hydrogens is 431 g/mol. The average Bonchev–Trinajstić information content (AvgIpc) is 3.23. The third-order valence-corrected chi connectivity index (χ3v) is 6.81. The summed E-state index contributed by atoms with van der Waals surface area (Å²) in [6.45, 7) is 5.96. The largest absolute Gasteiger partial charge is 0.352 e. The molecule has 0 radical (unpaired) electrons. The number of benzene rings is 2. The molecule has 1 aliphatic carbocycles. The maximum absolute atomic E-state index is 13.4. The van der Waals surface area contributed by atoms with E-state index in [-0.39, 0.29) is 30.8 Å². The SMILES string of the molecule is Cc1ccc(C)c(CC(=O)N(Cc2c(Cl)cccc2Cl)[C@H](C)C(=O)NC2CCCC2)c1. The fourth-order valence-corrected chi connectivity index (χ4v) is 4.60. The Labute approximate surface area is 194 Å². The Morgan fingerprint density at radius 2 is 1.74 bits per heavy atom. The van der Waals surface area contributed by atoms with Gasteiger partial charge in [0.15, 0.2) is 0 Å². The van der Waals surface area contributed by atoms with Crippen molar-refractivity contribution in [3.05, 3.63) is 68.7 Å². The van der Waals surface area contributed by atoms with Crippen LogP contribution in [-0.2, 0) is 22.6 Å². The van der Waals surface area contributed by atoms with Gasteiger partial charge < -0.3 is 10.2 Å². The van der Waals surface area contributed by atoms with Crippen molar-refractivity contribution in [3.63, 3.8) is 0 Å². The minimum Gasteiger partial charge on any atom is -0.352 e. The summed E-state index contributed by atoms with van der Waals surface area (Å²) in [5, 5.41) is 4.09. The number of rotatable bonds is 7. The summed E-state index contributed by atoms with van der Waals surface area (Å²) in [4.78, 5) is 28.0. The molecule has 166 valence electrons. The molecule has 1 N–H and O–H groups in total. The third kappa shape index (κ3) is 6.02. The van der Waals surface area contributed by atoms with Crippen LogP contribution in [0.25, 0.3) is 0 Å². The number of carbonyl (C=O) groups excluding carboxylic acids is 2. The first-order chi connectivity index (χ1) is 14.8. The Balaban J connectivity index is 1.86. The molecule has 0 spiro atoms. The maximum atomic E-state index is 13.4. The van der Waals surface area contributed by atoms with E-state index in [1.807, 2.05) is 32.0 Å². The quantitative estimate of drug-likeness (QED) is 0.581. The van der Waals surface area contributed by atoms with E-state index in [0.29, 0.717) is 15.6 Å². The summed E-state index contributed by atoms with van der Waals surface area (Å²) in [6, 6.07) is 10.9. The first-order valence-corrected chi connectivity index (χ1v) is 11.6. The lowest BCUT2D eigenvalue weighted by Crippen LogP contribution is -2.50. The maximum Gasteiger partial charge on any atom is 0.242 e. The molecule has 0 aromatic heterocycles. The number of carbonyl (C=O) groups is 2. The van der Waals surface area contributed by atoms with Crippen LogP contribution in [0.3, 0.4) is 0 Å². The fourth-order valence-electron chi connectivity index (χ4n) is 4.08. The molecule has 31 heavy (non-hydrogen) atoms. The van der Waals surface area contributed by atoms with E-state index in [1.165, 1.54) is 0 Å². The number of hydrogen-bond acceptors (Lipinski definition) is 2. The van der Waals surface area contributed by atoms with Crippen LogP contribution in [0.15, 0.2) is 36.4 Å². The van der Waals surface area contributed by atoms with E-state index in [0.717, 1.165) is 42.4 Å². The number of nitrogens with zero attached hydrogens (tertiary/aromatic N) is 1. The molecule has 2 aromatic carbocycles. The smallest absolute Gasteiger partial charge is 0.242 e. The van der Waals surface area contributed by atoms with Crippen molar-refractivity contribution < 1.29 is 9.59 Å². The Bertz CT molecular complexity index is 934. The lowest BCUT2D eigenvalue weighted by molar-refractivity contribution is -0.140. The van der Waals surface area contributed by atoms with Crippen LogP contribution in [0.4, 0.5) is 0 Å². The summed E-state index contributed by atoms with van der Waals surface area (Å²) in [5.41, 5.74) is 3.77. The highest BCUT2D eigenvalue weighted by Gasteiger charge is 2.29. The summed E-state index contributed by atoms with van der Waals surface area (Å²) >= 11 is 12.8. The summed E-state index contributed by atoms with van der Waals surface area (Å²) in [6.07, 6.45) is 4.46. The highest BCUT2D eigenvalue weighted by Crippen LogP contribution is 2.27. The number of nitrogens with one attached hydrogen (secondary N) is 1. The molecule has 6 heteroatoms. The van der Waals surface area contributed by atoms with E-state index in [4.69, 9.17) is 23.2 Å². The zero-order valence-corrected chi connectivity index (χ0v) is 19.9. The second kappa shape index (κ2) is 10.5. The van der Waals surface area contributed by atoms with Crippen molar-refractivity contribution >= 4 is 35.0 Å². The average molecular weight is 461 g/mol. The normalized spacial score (nSPS) is 15.0. The molecule has 1 fully saturated rings. The van der Waals surface area contributed by atoms with Crippen molar-refractivity contribution in [2.45, 2.75) is 71.5 Å². The van der Waals surface area contributed by atoms with Gasteiger partial charge in [0.1, 0.15) is 6.04 Å². The van der Waals surface area contributed by atoms with Crippen molar-refractivity contribution in [1.29, 1.82) is 0 Å². The second-order valence-corrected chi connectivity index (χ2v) is 9.31. The molecule has 4 nitrogen and oxygen atoms in total. The van der Waals surface area contributed by atoms with Gasteiger partial charge in [-0.15, -0.1) is 0 Å². The highest BCUT2D eigenvalue weighted by atomic mass is 35.5. The number of amides is 2. The second-order valence-electron chi connectivity index (χ2n) is 8.49. The molecular formula is C25H30Cl2N2O2. The van der Waals surface area contributed by atoms with Crippen molar-refractivity contribution in [3.8, 4) is 0 Å². The van der Waals surface area contributed by atoms with Crippen LogP contribution in [0.5, 0.6) is 0 Å². The van der Waals surface area contributed by atoms with Crippen LogP contribution in [-0.4, -0.2) is 28.8 Å². The van der Waals surface area contributed by atoms with Crippen LogP contribution in [0.1, 0.15) is 54.9 Å². The highest BCUT2D eigenvalue weighted by molar-refractivity contribution is 6.36. The van der Waals surface area contributed by atoms with Gasteiger partial charge in [-0.05, 0) is 56.9 Å². The summed E-state index contributed by atoms with van der Waals surface area (Å²) in [7, 11) is 0. The number of aryl methyl sites for hydroxylation is 2. The Morgan fingerprint density at radius 1 is 1.10 bits per heavy atom. The topological polar surface area (TPSA) is 49.4 Å². The van der Waals surface area contributed by atoms with Crippen LogP contribution in [0.2, 0.25) is 10.0 Å². The van der Waals surface area contributed by atoms with Gasteiger partial charge in [-0.2, -0.15) is 0 Å². The molecule has 2 amide bonds. The minimum absolute atomic E-state index is 0.126. The van der Waals surface area contributed by atoms with Gasteiger partial charge in [0, 0.05) is 28.2 Å². The molecule has 1 atom stereocenters. The summed E-state index contributed by atoms with van der Waals surface area (Å²) in [5.74, 6) is -0.261. The van der Waals surface area contributed by atoms with Crippen LogP contribution in [0, 0.1) is 13.8 Å². The standard InChI is InChI=1S/C25H30Cl2N2O2/c1-16-11-12-17(2)19(13-16)14-24(30)29(15-21-22(26)9-6-10-23(21)27)18(3)25(31)28-20-7-4-5-8-20/h6,9-13,18,20H,4-5,7-8,14-15H2,1-3H3,(H,28,31)/t18-/m1/s1. The predicted octanol–water partition coefficient (Wildman–Crippen LogP) is 5.63. The fraction of sp³-hybridized carbons (Fsp3) is 0.440. The molecule has 1 saturated carbocycles. The van der Waals surface area contributed by atoms with Crippen molar-refractivity contribution in [2.24, 2.45) is 0 Å². The van der Waals surface area contributed by atoms with Gasteiger partial charge in [0.25, 0.3) is 0 Å². The first-order valence-electron chi connectivity index (χ1n) is 10.8. The molecule has 0 saturated heterocycles. The molecule has 0 unspecified atom stereocenters. The predicted molar refractivity (Wildman–Crippen MR) is 126 cm³/mol. The van der Waals surface area contributed by atoms with Crippen LogP contribution < -0.4 is 5.32 Å². The first kappa shape index (κ1) is 23.6. The van der Waals surface area contributed by atoms with Gasteiger partial charge in [0.05, 0.1) is 6.42 Å². The van der Waals surface area contributed by atoms with Crippen LogP contribution >= 0.6 is 23.2 Å². The molecule has 0 heterocycles. The Kier molecular flexibility index (Phi) is 8.01. The molecule has 3 rings (SSSR count). The molecule has 1 aliphatic rings. The third-order valence-electron chi connectivity index (χ3n) is 6.11. The van der Waals surface area contributed by atoms with Gasteiger partial charge in [-0.1, -0.05) is 65.9 Å². The number of halogens is 2. The van der Waals surface area contributed by atoms with Crippen molar-refractivity contribution in [2.75, 3.05) is 0 Å². The minimum atomic E-state index is -0.634. The van der Waals surface area contributed by atoms with Crippen molar-refractivity contribution in [1.82, 2.24) is 10.2 Å². The molecule has 2 aromatic rings. The Morgan fingerprint density at radius 3 is 2.39 bits per heavy atom. The lowest BCUT2D eigenvalue weighted by Gasteiger charge is -2.30. The van der Waals surface area contributed by atoms with E-state index >= 15 is 0 Å². The molecule has 0 bridgehead atoms. The monoisotopic (exact) mass is 460 g/mol. The Hall–Kier alpha value is -2.04. The van der Waals surface area contributed by atoms with E-state index in [1.54, 1.807) is 30.0 Å². The van der Waals surface area contributed by atoms with Gasteiger partial charge in [0.2, 0.25) is 11.8 Å². The molecule has 0 aliphatic heterocycles. The van der Waals surface area contributed by atoms with Gasteiger partial charge in [-0.25, -0.2) is 0 Å². The number of hydrogen-bond donors (Lipinski definition) is 1. The van der Waals surface area contributed by atoms with Gasteiger partial charge in [-0.3, -0.25) is 9.59 Å².